The van der Waals surface area contributed by atoms with Crippen molar-refractivity contribution >= 4 is 11.8 Å². The first kappa shape index (κ1) is 23.7. The van der Waals surface area contributed by atoms with Crippen LogP contribution in [0.2, 0.25) is 0 Å². The molecule has 0 aromatic heterocycles. The first-order chi connectivity index (χ1) is 14.3. The van der Waals surface area contributed by atoms with Gasteiger partial charge in [0.05, 0.1) is 7.11 Å². The second kappa shape index (κ2) is 8.55. The van der Waals surface area contributed by atoms with E-state index in [1.54, 1.807) is 7.11 Å². The van der Waals surface area contributed by atoms with Crippen molar-refractivity contribution < 1.29 is 14.3 Å². The molecular formula is C26H42N2O3. The van der Waals surface area contributed by atoms with Crippen molar-refractivity contribution in [2.24, 2.45) is 10.8 Å². The molecular weight excluding hydrogens is 388 g/mol. The molecule has 1 aliphatic carbocycles. The zero-order valence-corrected chi connectivity index (χ0v) is 20.9. The highest BCUT2D eigenvalue weighted by molar-refractivity contribution is 5.69. The first-order valence-electron chi connectivity index (χ1n) is 11.7. The van der Waals surface area contributed by atoms with Gasteiger partial charge in [0.2, 0.25) is 0 Å². The Bertz CT molecular complexity index is 770. The van der Waals surface area contributed by atoms with Crippen LogP contribution >= 0.6 is 0 Å². The summed E-state index contributed by atoms with van der Waals surface area (Å²) in [7, 11) is 1.73. The van der Waals surface area contributed by atoms with Gasteiger partial charge in [-0.2, -0.15) is 0 Å². The lowest BCUT2D eigenvalue weighted by molar-refractivity contribution is 0.0240. The third-order valence-electron chi connectivity index (χ3n) is 6.50. The smallest absolute Gasteiger partial charge is 0.410 e. The molecule has 1 amide bonds. The molecule has 5 nitrogen and oxygen atoms in total. The summed E-state index contributed by atoms with van der Waals surface area (Å²) in [5.41, 5.74) is 2.89. The standard InChI is InChI=1S/C26H42N2O3/c1-24(2,3)31-23(29)28-13-11-27(12-14-28)22-15-20(30-8)9-10-21(22)19-16-25(4,5)18-26(6,7)17-19/h9-10,15,19H,11-14,16-18H2,1-8H3. The fourth-order valence-corrected chi connectivity index (χ4v) is 5.79. The number of rotatable bonds is 3. The Balaban J connectivity index is 1.81. The van der Waals surface area contributed by atoms with E-state index < -0.39 is 5.60 Å². The fraction of sp³-hybridized carbons (Fsp3) is 0.731. The Labute approximate surface area is 189 Å². The van der Waals surface area contributed by atoms with E-state index in [1.165, 1.54) is 30.5 Å². The predicted molar refractivity (Wildman–Crippen MR) is 127 cm³/mol. The van der Waals surface area contributed by atoms with E-state index in [4.69, 9.17) is 9.47 Å². The largest absolute Gasteiger partial charge is 0.497 e. The molecule has 1 aliphatic heterocycles. The summed E-state index contributed by atoms with van der Waals surface area (Å²) in [6.45, 7) is 18.3. The van der Waals surface area contributed by atoms with E-state index in [0.717, 1.165) is 18.8 Å². The van der Waals surface area contributed by atoms with Gasteiger partial charge in [0.25, 0.3) is 0 Å². The highest BCUT2D eigenvalue weighted by Gasteiger charge is 2.40. The van der Waals surface area contributed by atoms with Crippen molar-refractivity contribution in [1.29, 1.82) is 0 Å². The van der Waals surface area contributed by atoms with Gasteiger partial charge < -0.3 is 19.3 Å². The van der Waals surface area contributed by atoms with Crippen LogP contribution in [0.15, 0.2) is 18.2 Å². The van der Waals surface area contributed by atoms with Crippen LogP contribution in [0, 0.1) is 10.8 Å². The fourth-order valence-electron chi connectivity index (χ4n) is 5.79. The molecule has 1 saturated carbocycles. The molecule has 31 heavy (non-hydrogen) atoms. The molecule has 5 heteroatoms. The molecule has 1 saturated heterocycles. The molecule has 2 aliphatic rings. The molecule has 0 bridgehead atoms. The van der Waals surface area contributed by atoms with Gasteiger partial charge in [0, 0.05) is 37.9 Å². The molecule has 1 aromatic rings. The van der Waals surface area contributed by atoms with E-state index in [2.05, 4.69) is 50.8 Å². The van der Waals surface area contributed by atoms with Gasteiger partial charge in [0.1, 0.15) is 11.4 Å². The lowest BCUT2D eigenvalue weighted by Gasteiger charge is -2.46. The summed E-state index contributed by atoms with van der Waals surface area (Å²) in [5.74, 6) is 1.42. The molecule has 0 unspecified atom stereocenters. The van der Waals surface area contributed by atoms with Crippen LogP contribution in [0.3, 0.4) is 0 Å². The van der Waals surface area contributed by atoms with E-state index in [-0.39, 0.29) is 6.09 Å². The van der Waals surface area contributed by atoms with Crippen molar-refractivity contribution in [2.45, 2.75) is 79.2 Å². The minimum atomic E-state index is -0.464. The van der Waals surface area contributed by atoms with Gasteiger partial charge in [0.15, 0.2) is 0 Å². The second-order valence-corrected chi connectivity index (χ2v) is 12.0. The number of methoxy groups -OCH3 is 1. The molecule has 0 spiro atoms. The number of anilines is 1. The van der Waals surface area contributed by atoms with Crippen molar-refractivity contribution in [2.75, 3.05) is 38.2 Å². The maximum atomic E-state index is 12.5. The highest BCUT2D eigenvalue weighted by atomic mass is 16.6. The summed E-state index contributed by atoms with van der Waals surface area (Å²) in [5, 5.41) is 0. The van der Waals surface area contributed by atoms with Crippen molar-refractivity contribution in [1.82, 2.24) is 4.90 Å². The number of hydrogen-bond acceptors (Lipinski definition) is 4. The van der Waals surface area contributed by atoms with Crippen LogP contribution < -0.4 is 9.64 Å². The van der Waals surface area contributed by atoms with Gasteiger partial charge in [-0.3, -0.25) is 0 Å². The summed E-state index contributed by atoms with van der Waals surface area (Å²) >= 11 is 0. The van der Waals surface area contributed by atoms with E-state index >= 15 is 0 Å². The maximum absolute atomic E-state index is 12.5. The molecule has 3 rings (SSSR count). The number of nitrogens with zero attached hydrogens (tertiary/aromatic N) is 2. The van der Waals surface area contributed by atoms with E-state index in [1.807, 2.05) is 25.7 Å². The lowest BCUT2D eigenvalue weighted by Crippen LogP contribution is -2.50. The van der Waals surface area contributed by atoms with E-state index in [9.17, 15) is 4.79 Å². The summed E-state index contributed by atoms with van der Waals surface area (Å²) in [6, 6.07) is 6.56. The Kier molecular flexibility index (Phi) is 6.55. The summed E-state index contributed by atoms with van der Waals surface area (Å²) in [4.78, 5) is 16.7. The van der Waals surface area contributed by atoms with Crippen LogP contribution in [0.1, 0.15) is 79.2 Å². The predicted octanol–water partition coefficient (Wildman–Crippen LogP) is 6.07. The topological polar surface area (TPSA) is 42.0 Å². The van der Waals surface area contributed by atoms with Crippen LogP contribution in [-0.4, -0.2) is 49.9 Å². The average Bonchev–Trinajstić information content (AvgIpc) is 2.64. The minimum absolute atomic E-state index is 0.214. The van der Waals surface area contributed by atoms with Crippen molar-refractivity contribution in [3.63, 3.8) is 0 Å². The molecule has 0 atom stereocenters. The van der Waals surface area contributed by atoms with Crippen LogP contribution in [0.25, 0.3) is 0 Å². The number of carbonyl (C=O) groups excluding carboxylic acids is 1. The highest BCUT2D eigenvalue weighted by Crippen LogP contribution is 2.53. The lowest BCUT2D eigenvalue weighted by atomic mass is 9.60. The Morgan fingerprint density at radius 1 is 1.00 bits per heavy atom. The number of hydrogen-bond donors (Lipinski definition) is 0. The zero-order chi connectivity index (χ0) is 23.0. The number of benzene rings is 1. The molecule has 1 aromatic carbocycles. The SMILES string of the molecule is COc1ccc(C2CC(C)(C)CC(C)(C)C2)c(N2CCN(C(=O)OC(C)(C)C)CC2)c1. The third kappa shape index (κ3) is 6.08. The quantitative estimate of drug-likeness (QED) is 0.583. The second-order valence-electron chi connectivity index (χ2n) is 12.0. The Morgan fingerprint density at radius 2 is 1.58 bits per heavy atom. The van der Waals surface area contributed by atoms with Gasteiger partial charge in [-0.1, -0.05) is 33.8 Å². The summed E-state index contributed by atoms with van der Waals surface area (Å²) < 4.78 is 11.1. The Morgan fingerprint density at radius 3 is 2.10 bits per heavy atom. The minimum Gasteiger partial charge on any atom is -0.497 e. The van der Waals surface area contributed by atoms with Gasteiger partial charge in [-0.05, 0) is 68.4 Å². The molecule has 0 radical (unpaired) electrons. The van der Waals surface area contributed by atoms with Gasteiger partial charge >= 0.3 is 6.09 Å². The maximum Gasteiger partial charge on any atom is 0.410 e. The number of amides is 1. The first-order valence-corrected chi connectivity index (χ1v) is 11.7. The third-order valence-corrected chi connectivity index (χ3v) is 6.50. The molecule has 2 fully saturated rings. The average molecular weight is 431 g/mol. The van der Waals surface area contributed by atoms with Crippen molar-refractivity contribution in [3.05, 3.63) is 23.8 Å². The van der Waals surface area contributed by atoms with Crippen LogP contribution in [0.5, 0.6) is 5.75 Å². The molecule has 1 heterocycles. The Hall–Kier alpha value is -1.91. The van der Waals surface area contributed by atoms with Crippen molar-refractivity contribution in [3.8, 4) is 5.75 Å². The monoisotopic (exact) mass is 430 g/mol. The number of carbonyl (C=O) groups is 1. The molecule has 0 N–H and O–H groups in total. The number of ether oxygens (including phenoxy) is 2. The number of piperazine rings is 1. The molecule has 174 valence electrons. The summed E-state index contributed by atoms with van der Waals surface area (Å²) in [6.07, 6.45) is 3.45. The van der Waals surface area contributed by atoms with Gasteiger partial charge in [-0.25, -0.2) is 4.79 Å². The zero-order valence-electron chi connectivity index (χ0n) is 20.9. The van der Waals surface area contributed by atoms with Crippen LogP contribution in [0.4, 0.5) is 10.5 Å². The normalized spacial score (nSPS) is 21.7. The van der Waals surface area contributed by atoms with Crippen LogP contribution in [-0.2, 0) is 4.74 Å². The van der Waals surface area contributed by atoms with E-state index in [0.29, 0.717) is 29.8 Å². The van der Waals surface area contributed by atoms with Gasteiger partial charge in [-0.15, -0.1) is 0 Å².